The third-order valence-electron chi connectivity index (χ3n) is 1.76. The van der Waals surface area contributed by atoms with Crippen molar-refractivity contribution in [1.82, 2.24) is 20.0 Å². The summed E-state index contributed by atoms with van der Waals surface area (Å²) in [6.45, 7) is 0. The zero-order chi connectivity index (χ0) is 10.1. The van der Waals surface area contributed by atoms with Crippen molar-refractivity contribution < 1.29 is 0 Å². The van der Waals surface area contributed by atoms with Gasteiger partial charge in [0.2, 0.25) is 0 Å². The van der Waals surface area contributed by atoms with Gasteiger partial charge >= 0.3 is 0 Å². The van der Waals surface area contributed by atoms with E-state index in [1.807, 2.05) is 13.1 Å². The lowest BCUT2D eigenvalue weighted by molar-refractivity contribution is 0.701. The van der Waals surface area contributed by atoms with Gasteiger partial charge in [-0.15, -0.1) is 5.10 Å². The number of aromatic nitrogens is 4. The lowest BCUT2D eigenvalue weighted by atomic mass is 10.2. The van der Waals surface area contributed by atoms with Gasteiger partial charge in [0.05, 0.1) is 0 Å². The monoisotopic (exact) mass is 320 g/mol. The minimum Gasteiger partial charge on any atom is -0.244 e. The van der Waals surface area contributed by atoms with E-state index in [9.17, 15) is 0 Å². The third-order valence-corrected chi connectivity index (χ3v) is 3.19. The summed E-state index contributed by atoms with van der Waals surface area (Å²) in [7, 11) is 1.85. The Morgan fingerprint density at radius 1 is 1.43 bits per heavy atom. The molecular weight excluding hydrogens is 314 g/mol. The Hall–Kier alpha value is -0.690. The first-order chi connectivity index (χ1) is 6.68. The molecule has 2 aromatic rings. The molecule has 0 N–H and O–H groups in total. The number of halogens is 2. The Labute approximate surface area is 99.4 Å². The van der Waals surface area contributed by atoms with E-state index >= 15 is 0 Å². The van der Waals surface area contributed by atoms with E-state index in [2.05, 4.69) is 37.9 Å². The fourth-order valence-electron chi connectivity index (χ4n) is 1.04. The van der Waals surface area contributed by atoms with Crippen LogP contribution in [-0.2, 0) is 7.05 Å². The number of nitrogens with zero attached hydrogens (tertiary/aromatic N) is 4. The molecule has 4 nitrogen and oxygen atoms in total. The zero-order valence-electron chi connectivity index (χ0n) is 7.28. The molecule has 0 aliphatic rings. The second kappa shape index (κ2) is 3.82. The highest BCUT2D eigenvalue weighted by atomic mass is 127. The summed E-state index contributed by atoms with van der Waals surface area (Å²) >= 11 is 7.88. The summed E-state index contributed by atoms with van der Waals surface area (Å²) in [6, 6.07) is 3.61. The van der Waals surface area contributed by atoms with Gasteiger partial charge in [-0.05, 0) is 34.7 Å². The Morgan fingerprint density at radius 2 is 2.21 bits per heavy atom. The standard InChI is InChI=1S/C8H6ClIN4/c1-14-8(10)7(12-13-14)5-2-3-6(9)11-4-5/h2-4H,1H3. The molecule has 72 valence electrons. The lowest BCUT2D eigenvalue weighted by Gasteiger charge is -1.96. The highest BCUT2D eigenvalue weighted by molar-refractivity contribution is 14.1. The third kappa shape index (κ3) is 1.74. The van der Waals surface area contributed by atoms with E-state index in [-0.39, 0.29) is 0 Å². The number of aryl methyl sites for hydroxylation is 1. The molecule has 2 rings (SSSR count). The fourth-order valence-corrected chi connectivity index (χ4v) is 1.67. The van der Waals surface area contributed by atoms with Crippen LogP contribution in [0.4, 0.5) is 0 Å². The van der Waals surface area contributed by atoms with Crippen LogP contribution in [0.15, 0.2) is 18.3 Å². The van der Waals surface area contributed by atoms with E-state index in [1.165, 1.54) is 0 Å². The predicted octanol–water partition coefficient (Wildman–Crippen LogP) is 2.14. The van der Waals surface area contributed by atoms with Crippen molar-refractivity contribution in [2.75, 3.05) is 0 Å². The SMILES string of the molecule is Cn1nnc(-c2ccc(Cl)nc2)c1I. The summed E-state index contributed by atoms with van der Waals surface area (Å²) in [4.78, 5) is 3.99. The molecule has 6 heteroatoms. The molecule has 0 radical (unpaired) electrons. The van der Waals surface area contributed by atoms with Crippen molar-refractivity contribution in [3.63, 3.8) is 0 Å². The summed E-state index contributed by atoms with van der Waals surface area (Å²) in [6.07, 6.45) is 1.69. The van der Waals surface area contributed by atoms with Crippen LogP contribution in [0.2, 0.25) is 5.15 Å². The molecule has 0 saturated heterocycles. The van der Waals surface area contributed by atoms with Crippen molar-refractivity contribution in [3.05, 3.63) is 27.2 Å². The Balaban J connectivity index is 2.49. The van der Waals surface area contributed by atoms with Crippen LogP contribution in [0, 0.1) is 3.70 Å². The average molecular weight is 321 g/mol. The first kappa shape index (κ1) is 9.85. The van der Waals surface area contributed by atoms with Crippen LogP contribution in [-0.4, -0.2) is 20.0 Å². The maximum atomic E-state index is 5.69. The Morgan fingerprint density at radius 3 is 2.71 bits per heavy atom. The largest absolute Gasteiger partial charge is 0.244 e. The molecule has 0 spiro atoms. The molecule has 2 aromatic heterocycles. The molecule has 14 heavy (non-hydrogen) atoms. The van der Waals surface area contributed by atoms with Crippen molar-refractivity contribution in [2.45, 2.75) is 0 Å². The highest BCUT2D eigenvalue weighted by Crippen LogP contribution is 2.21. The van der Waals surface area contributed by atoms with Crippen LogP contribution >= 0.6 is 34.2 Å². The normalized spacial score (nSPS) is 10.5. The number of pyridine rings is 1. The van der Waals surface area contributed by atoms with Gasteiger partial charge < -0.3 is 0 Å². The number of rotatable bonds is 1. The van der Waals surface area contributed by atoms with Crippen molar-refractivity contribution in [1.29, 1.82) is 0 Å². The molecule has 0 atom stereocenters. The number of hydrogen-bond donors (Lipinski definition) is 0. The summed E-state index contributed by atoms with van der Waals surface area (Å²) < 4.78 is 2.69. The molecule has 0 aliphatic carbocycles. The van der Waals surface area contributed by atoms with Crippen molar-refractivity contribution in [2.24, 2.45) is 7.05 Å². The zero-order valence-corrected chi connectivity index (χ0v) is 10.2. The maximum Gasteiger partial charge on any atom is 0.129 e. The fraction of sp³-hybridized carbons (Fsp3) is 0.125. The highest BCUT2D eigenvalue weighted by Gasteiger charge is 2.09. The first-order valence-electron chi connectivity index (χ1n) is 3.85. The average Bonchev–Trinajstić information content (AvgIpc) is 2.50. The maximum absolute atomic E-state index is 5.69. The summed E-state index contributed by atoms with van der Waals surface area (Å²) in [5, 5.41) is 8.43. The topological polar surface area (TPSA) is 43.6 Å². The van der Waals surface area contributed by atoms with Crippen LogP contribution in [0.3, 0.4) is 0 Å². The van der Waals surface area contributed by atoms with Crippen molar-refractivity contribution >= 4 is 34.2 Å². The van der Waals surface area contributed by atoms with E-state index in [0.29, 0.717) is 5.15 Å². The molecular formula is C8H6ClIN4. The van der Waals surface area contributed by atoms with Crippen molar-refractivity contribution in [3.8, 4) is 11.3 Å². The first-order valence-corrected chi connectivity index (χ1v) is 5.31. The Bertz CT molecular complexity index is 451. The molecule has 0 aromatic carbocycles. The molecule has 0 amide bonds. The molecule has 0 saturated carbocycles. The summed E-state index contributed by atoms with van der Waals surface area (Å²) in [5.41, 5.74) is 1.75. The minimum absolute atomic E-state index is 0.479. The lowest BCUT2D eigenvalue weighted by Crippen LogP contribution is -1.92. The van der Waals surface area contributed by atoms with Gasteiger partial charge in [-0.25, -0.2) is 9.67 Å². The van der Waals surface area contributed by atoms with Gasteiger partial charge in [0.15, 0.2) is 0 Å². The van der Waals surface area contributed by atoms with Gasteiger partial charge in [0.25, 0.3) is 0 Å². The molecule has 0 unspecified atom stereocenters. The molecule has 0 fully saturated rings. The van der Waals surface area contributed by atoms with E-state index in [4.69, 9.17) is 11.6 Å². The van der Waals surface area contributed by atoms with E-state index in [1.54, 1.807) is 16.9 Å². The van der Waals surface area contributed by atoms with Crippen LogP contribution in [0.5, 0.6) is 0 Å². The van der Waals surface area contributed by atoms with Crippen LogP contribution < -0.4 is 0 Å². The Kier molecular flexibility index (Phi) is 2.69. The van der Waals surface area contributed by atoms with E-state index < -0.39 is 0 Å². The van der Waals surface area contributed by atoms with Gasteiger partial charge in [-0.2, -0.15) is 0 Å². The van der Waals surface area contributed by atoms with Crippen LogP contribution in [0.25, 0.3) is 11.3 Å². The predicted molar refractivity (Wildman–Crippen MR) is 62.0 cm³/mol. The van der Waals surface area contributed by atoms with Gasteiger partial charge in [0, 0.05) is 18.8 Å². The second-order valence-electron chi connectivity index (χ2n) is 2.72. The smallest absolute Gasteiger partial charge is 0.129 e. The van der Waals surface area contributed by atoms with Gasteiger partial charge in [-0.1, -0.05) is 16.8 Å². The van der Waals surface area contributed by atoms with Gasteiger partial charge in [-0.3, -0.25) is 0 Å². The second-order valence-corrected chi connectivity index (χ2v) is 4.13. The van der Waals surface area contributed by atoms with Gasteiger partial charge in [0.1, 0.15) is 14.5 Å². The minimum atomic E-state index is 0.479. The molecule has 2 heterocycles. The molecule has 0 aliphatic heterocycles. The quantitative estimate of drug-likeness (QED) is 0.597. The number of hydrogen-bond acceptors (Lipinski definition) is 3. The van der Waals surface area contributed by atoms with Crippen LogP contribution in [0.1, 0.15) is 0 Å². The molecule has 0 bridgehead atoms. The van der Waals surface area contributed by atoms with E-state index in [0.717, 1.165) is 15.0 Å². The summed E-state index contributed by atoms with van der Waals surface area (Å²) in [5.74, 6) is 0.